The second-order valence-corrected chi connectivity index (χ2v) is 13.7. The average molecular weight is 585 g/mol. The van der Waals surface area contributed by atoms with Gasteiger partial charge in [-0.1, -0.05) is 70.4 Å². The largest absolute Gasteiger partial charge is 0.458 e. The van der Waals surface area contributed by atoms with Crippen molar-refractivity contribution in [2.75, 3.05) is 6.54 Å². The average Bonchev–Trinajstić information content (AvgIpc) is 3.35. The van der Waals surface area contributed by atoms with E-state index in [0.29, 0.717) is 37.3 Å². The van der Waals surface area contributed by atoms with E-state index in [1.165, 1.54) is 11.8 Å². The lowest BCUT2D eigenvalue weighted by molar-refractivity contribution is -0.157. The first-order valence-electron chi connectivity index (χ1n) is 15.0. The summed E-state index contributed by atoms with van der Waals surface area (Å²) in [5, 5.41) is 8.37. The molecule has 10 nitrogen and oxygen atoms in total. The molecule has 2 aliphatic rings. The van der Waals surface area contributed by atoms with E-state index < -0.39 is 47.2 Å². The molecule has 0 bridgehead atoms. The van der Waals surface area contributed by atoms with E-state index in [1.807, 2.05) is 20.8 Å². The Morgan fingerprint density at radius 2 is 1.55 bits per heavy atom. The zero-order chi connectivity index (χ0) is 31.2. The standard InChI is InChI=1S/C32H48N4O6/c1-20(37)23(19-21-13-11-14-21)33-27(38)24-17-12-18-36(24)28(39)26(31(2,3)4)35-30(41)34-25(22-15-9-8-10-16-22)29(40)42-32(5,6)7/h8-10,15-16,21,23-26H,11-14,17-19H2,1-7H3,(H,33,38)(H2,34,35,41). The number of carbonyl (C=O) groups excluding carboxylic acids is 5. The van der Waals surface area contributed by atoms with E-state index in [-0.39, 0.29) is 17.6 Å². The van der Waals surface area contributed by atoms with Crippen LogP contribution in [0.25, 0.3) is 0 Å². The van der Waals surface area contributed by atoms with Crippen LogP contribution in [0.3, 0.4) is 0 Å². The topological polar surface area (TPSA) is 134 Å². The number of nitrogens with one attached hydrogen (secondary N) is 3. The first kappa shape index (κ1) is 33.1. The lowest BCUT2D eigenvalue weighted by Crippen LogP contribution is -2.60. The van der Waals surface area contributed by atoms with Crippen LogP contribution in [-0.2, 0) is 23.9 Å². The molecule has 0 aromatic heterocycles. The number of rotatable bonds is 10. The Labute approximate surface area is 249 Å². The van der Waals surface area contributed by atoms with Crippen LogP contribution in [-0.4, -0.2) is 64.8 Å². The summed E-state index contributed by atoms with van der Waals surface area (Å²) in [7, 11) is 0. The predicted octanol–water partition coefficient (Wildman–Crippen LogP) is 4.04. The van der Waals surface area contributed by atoms with Crippen molar-refractivity contribution in [3.63, 3.8) is 0 Å². The van der Waals surface area contributed by atoms with Gasteiger partial charge < -0.3 is 25.6 Å². The van der Waals surface area contributed by atoms with Crippen molar-refractivity contribution in [3.05, 3.63) is 35.9 Å². The molecule has 1 aliphatic heterocycles. The third kappa shape index (κ3) is 9.03. The quantitative estimate of drug-likeness (QED) is 0.356. The Bertz CT molecular complexity index is 1140. The zero-order valence-electron chi connectivity index (χ0n) is 26.1. The van der Waals surface area contributed by atoms with Crippen LogP contribution >= 0.6 is 0 Å². The van der Waals surface area contributed by atoms with Gasteiger partial charge in [-0.15, -0.1) is 0 Å². The number of Topliss-reactive ketones (excluding diaryl/α,β-unsaturated/α-hetero) is 1. The number of likely N-dealkylation sites (tertiary alicyclic amines) is 1. The summed E-state index contributed by atoms with van der Waals surface area (Å²) in [6.45, 7) is 12.6. The number of urea groups is 1. The number of hydrogen-bond donors (Lipinski definition) is 3. The number of esters is 1. The molecule has 0 spiro atoms. The van der Waals surface area contributed by atoms with Crippen LogP contribution in [0.4, 0.5) is 4.79 Å². The molecule has 1 heterocycles. The summed E-state index contributed by atoms with van der Waals surface area (Å²) in [6, 6.07) is 4.68. The van der Waals surface area contributed by atoms with E-state index in [0.717, 1.165) is 19.3 Å². The van der Waals surface area contributed by atoms with Gasteiger partial charge in [0.05, 0.1) is 6.04 Å². The molecule has 4 unspecified atom stereocenters. The molecule has 232 valence electrons. The minimum Gasteiger partial charge on any atom is -0.458 e. The van der Waals surface area contributed by atoms with Crippen LogP contribution in [0, 0.1) is 11.3 Å². The first-order valence-corrected chi connectivity index (χ1v) is 15.0. The zero-order valence-corrected chi connectivity index (χ0v) is 26.1. The lowest BCUT2D eigenvalue weighted by Gasteiger charge is -2.36. The third-order valence-electron chi connectivity index (χ3n) is 7.88. The number of carbonyl (C=O) groups is 5. The van der Waals surface area contributed by atoms with Crippen LogP contribution < -0.4 is 16.0 Å². The molecular weight excluding hydrogens is 536 g/mol. The van der Waals surface area contributed by atoms with E-state index in [4.69, 9.17) is 4.74 Å². The van der Waals surface area contributed by atoms with Gasteiger partial charge in [-0.25, -0.2) is 9.59 Å². The van der Waals surface area contributed by atoms with Gasteiger partial charge in [0, 0.05) is 6.54 Å². The van der Waals surface area contributed by atoms with Gasteiger partial charge >= 0.3 is 12.0 Å². The second-order valence-electron chi connectivity index (χ2n) is 13.7. The molecule has 0 radical (unpaired) electrons. The van der Waals surface area contributed by atoms with Crippen LogP contribution in [0.15, 0.2) is 30.3 Å². The molecule has 4 amide bonds. The number of ketones is 1. The lowest BCUT2D eigenvalue weighted by atomic mass is 9.80. The van der Waals surface area contributed by atoms with E-state index >= 15 is 0 Å². The second kappa shape index (κ2) is 13.7. The maximum atomic E-state index is 13.9. The van der Waals surface area contributed by atoms with Gasteiger partial charge in [-0.3, -0.25) is 14.4 Å². The van der Waals surface area contributed by atoms with Crippen molar-refractivity contribution in [1.29, 1.82) is 0 Å². The fourth-order valence-corrected chi connectivity index (χ4v) is 5.36. The first-order chi connectivity index (χ1) is 19.6. The summed E-state index contributed by atoms with van der Waals surface area (Å²) >= 11 is 0. The maximum absolute atomic E-state index is 13.9. The minimum absolute atomic E-state index is 0.0880. The minimum atomic E-state index is -1.09. The maximum Gasteiger partial charge on any atom is 0.333 e. The van der Waals surface area contributed by atoms with Gasteiger partial charge in [-0.05, 0) is 63.9 Å². The molecule has 1 aliphatic carbocycles. The van der Waals surface area contributed by atoms with Crippen molar-refractivity contribution in [2.45, 2.75) is 117 Å². The molecule has 3 N–H and O–H groups in total. The monoisotopic (exact) mass is 584 g/mol. The van der Waals surface area contributed by atoms with Crippen molar-refractivity contribution >= 4 is 29.6 Å². The van der Waals surface area contributed by atoms with E-state index in [9.17, 15) is 24.0 Å². The highest BCUT2D eigenvalue weighted by Gasteiger charge is 2.43. The smallest absolute Gasteiger partial charge is 0.333 e. The van der Waals surface area contributed by atoms with Crippen LogP contribution in [0.1, 0.15) is 98.6 Å². The van der Waals surface area contributed by atoms with Crippen LogP contribution in [0.5, 0.6) is 0 Å². The molecule has 1 saturated carbocycles. The van der Waals surface area contributed by atoms with Crippen molar-refractivity contribution < 1.29 is 28.7 Å². The SMILES string of the molecule is CC(=O)C(CC1CCC1)NC(=O)C1CCCN1C(=O)C(NC(=O)NC(C(=O)OC(C)(C)C)c1ccccc1)C(C)(C)C. The Morgan fingerprint density at radius 3 is 2.07 bits per heavy atom. The molecule has 4 atom stereocenters. The number of hydrogen-bond acceptors (Lipinski definition) is 6. The third-order valence-corrected chi connectivity index (χ3v) is 7.88. The molecule has 2 fully saturated rings. The van der Waals surface area contributed by atoms with Gasteiger partial charge in [0.25, 0.3) is 0 Å². The highest BCUT2D eigenvalue weighted by atomic mass is 16.6. The molecule has 1 aromatic carbocycles. The Hall–Kier alpha value is -3.43. The number of nitrogens with zero attached hydrogens (tertiary/aromatic N) is 1. The summed E-state index contributed by atoms with van der Waals surface area (Å²) in [5.74, 6) is -1.00. The molecule has 3 rings (SSSR count). The van der Waals surface area contributed by atoms with Crippen LogP contribution in [0.2, 0.25) is 0 Å². The van der Waals surface area contributed by atoms with Crippen molar-refractivity contribution in [1.82, 2.24) is 20.9 Å². The van der Waals surface area contributed by atoms with Crippen molar-refractivity contribution in [3.8, 4) is 0 Å². The van der Waals surface area contributed by atoms with E-state index in [2.05, 4.69) is 16.0 Å². The van der Waals surface area contributed by atoms with Gasteiger partial charge in [0.1, 0.15) is 17.7 Å². The normalized spacial score (nSPS) is 19.6. The Balaban J connectivity index is 1.74. The van der Waals surface area contributed by atoms with E-state index in [1.54, 1.807) is 51.1 Å². The number of benzene rings is 1. The Kier molecular flexibility index (Phi) is 10.8. The molecule has 42 heavy (non-hydrogen) atoms. The highest BCUT2D eigenvalue weighted by molar-refractivity contribution is 5.95. The number of amides is 4. The summed E-state index contributed by atoms with van der Waals surface area (Å²) in [4.78, 5) is 67.4. The molecule has 10 heteroatoms. The summed E-state index contributed by atoms with van der Waals surface area (Å²) in [6.07, 6.45) is 5.00. The fourth-order valence-electron chi connectivity index (χ4n) is 5.36. The fraction of sp³-hybridized carbons (Fsp3) is 0.656. The van der Waals surface area contributed by atoms with Gasteiger partial charge in [0.2, 0.25) is 11.8 Å². The summed E-state index contributed by atoms with van der Waals surface area (Å²) < 4.78 is 5.55. The molecule has 1 saturated heterocycles. The molecular formula is C32H48N4O6. The van der Waals surface area contributed by atoms with Gasteiger partial charge in [0.15, 0.2) is 11.8 Å². The van der Waals surface area contributed by atoms with Gasteiger partial charge in [-0.2, -0.15) is 0 Å². The molecule has 1 aromatic rings. The predicted molar refractivity (Wildman–Crippen MR) is 159 cm³/mol. The highest BCUT2D eigenvalue weighted by Crippen LogP contribution is 2.31. The summed E-state index contributed by atoms with van der Waals surface area (Å²) in [5.41, 5.74) is -0.937. The Morgan fingerprint density at radius 1 is 0.905 bits per heavy atom. The number of ether oxygens (including phenoxy) is 1. The van der Waals surface area contributed by atoms with Crippen molar-refractivity contribution in [2.24, 2.45) is 11.3 Å².